The van der Waals surface area contributed by atoms with Gasteiger partial charge in [0.15, 0.2) is 0 Å². The number of halogens is 1. The zero-order valence-electron chi connectivity index (χ0n) is 25.5. The number of alkyl carbamates (subject to hydrolysis) is 1. The molecule has 2 N–H and O–H groups in total. The lowest BCUT2D eigenvalue weighted by Crippen LogP contribution is -2.50. The maximum atomic E-state index is 14.8. The Kier molecular flexibility index (Phi) is 8.51. The van der Waals surface area contributed by atoms with Crippen LogP contribution in [-0.4, -0.2) is 62.1 Å². The molecule has 9 nitrogen and oxygen atoms in total. The van der Waals surface area contributed by atoms with Gasteiger partial charge >= 0.3 is 6.09 Å². The number of nitrogens with one attached hydrogen (secondary N) is 1. The molecule has 3 heterocycles. The Morgan fingerprint density at radius 1 is 1.16 bits per heavy atom. The number of hydrogen-bond donors (Lipinski definition) is 2. The number of amides is 2. The lowest BCUT2D eigenvalue weighted by Gasteiger charge is -2.33. The van der Waals surface area contributed by atoms with Crippen LogP contribution in [0.25, 0.3) is 32.5 Å². The summed E-state index contributed by atoms with van der Waals surface area (Å²) in [6.07, 6.45) is 2.81. The third-order valence-electron chi connectivity index (χ3n) is 7.14. The molecule has 0 bridgehead atoms. The molecule has 0 spiro atoms. The molecule has 0 saturated carbocycles. The van der Waals surface area contributed by atoms with E-state index in [1.165, 1.54) is 23.5 Å². The Morgan fingerprint density at radius 3 is 2.59 bits per heavy atom. The normalized spacial score (nSPS) is 15.7. The number of carbonyl (C=O) groups is 2. The van der Waals surface area contributed by atoms with Gasteiger partial charge in [-0.05, 0) is 88.9 Å². The number of piperidine rings is 1. The van der Waals surface area contributed by atoms with E-state index in [2.05, 4.69) is 10.4 Å². The lowest BCUT2D eigenvalue weighted by molar-refractivity contribution is 0.0452. The van der Waals surface area contributed by atoms with Crippen LogP contribution in [-0.2, 0) is 11.3 Å². The number of rotatable bonds is 6. The molecule has 4 aromatic rings. The maximum absolute atomic E-state index is 14.8. The molecule has 1 aliphatic heterocycles. The summed E-state index contributed by atoms with van der Waals surface area (Å²) in [4.78, 5) is 29.2. The summed E-state index contributed by atoms with van der Waals surface area (Å²) in [5.74, 6) is -0.808. The monoisotopic (exact) mass is 617 g/mol. The van der Waals surface area contributed by atoms with Gasteiger partial charge in [-0.25, -0.2) is 9.18 Å². The van der Waals surface area contributed by atoms with Gasteiger partial charge in [-0.15, -0.1) is 11.3 Å². The van der Waals surface area contributed by atoms with E-state index in [-0.39, 0.29) is 17.5 Å². The van der Waals surface area contributed by atoms with Crippen LogP contribution < -0.4 is 5.32 Å². The van der Waals surface area contributed by atoms with E-state index in [0.29, 0.717) is 35.6 Å². The van der Waals surface area contributed by atoms with Gasteiger partial charge < -0.3 is 20.1 Å². The van der Waals surface area contributed by atoms with Crippen molar-refractivity contribution in [2.75, 3.05) is 13.1 Å². The molecule has 11 heteroatoms. The third-order valence-corrected chi connectivity index (χ3v) is 8.31. The number of benzene rings is 2. The quantitative estimate of drug-likeness (QED) is 0.260. The van der Waals surface area contributed by atoms with Gasteiger partial charge in [-0.2, -0.15) is 10.4 Å². The van der Waals surface area contributed by atoms with E-state index in [1.807, 2.05) is 30.5 Å². The molecular formula is C33H36FN5O4S. The second-order valence-electron chi connectivity index (χ2n) is 12.8. The van der Waals surface area contributed by atoms with Gasteiger partial charge in [0, 0.05) is 41.2 Å². The van der Waals surface area contributed by atoms with E-state index >= 15 is 0 Å². The molecule has 1 saturated heterocycles. The molecule has 230 valence electrons. The zero-order chi connectivity index (χ0) is 31.8. The van der Waals surface area contributed by atoms with Gasteiger partial charge in [0.25, 0.3) is 5.91 Å². The number of aromatic nitrogens is 2. The summed E-state index contributed by atoms with van der Waals surface area (Å²) >= 11 is 1.32. The van der Waals surface area contributed by atoms with Crippen LogP contribution in [0.15, 0.2) is 48.7 Å². The Morgan fingerprint density at radius 2 is 1.91 bits per heavy atom. The van der Waals surface area contributed by atoms with Crippen LogP contribution in [0, 0.1) is 17.1 Å². The van der Waals surface area contributed by atoms with Crippen molar-refractivity contribution in [3.63, 3.8) is 0 Å². The van der Waals surface area contributed by atoms with E-state index in [4.69, 9.17) is 4.74 Å². The van der Waals surface area contributed by atoms with Crippen LogP contribution in [0.3, 0.4) is 0 Å². The first-order valence-electron chi connectivity index (χ1n) is 14.5. The van der Waals surface area contributed by atoms with Crippen LogP contribution in [0.2, 0.25) is 0 Å². The number of thiophene rings is 1. The second kappa shape index (κ2) is 12.0. The first-order valence-corrected chi connectivity index (χ1v) is 15.3. The minimum Gasteiger partial charge on any atom is -0.444 e. The molecule has 1 atom stereocenters. The molecule has 5 rings (SSSR count). The number of likely N-dealkylation sites (tertiary alicyclic amines) is 1. The Bertz CT molecular complexity index is 1760. The summed E-state index contributed by atoms with van der Waals surface area (Å²) in [6.45, 7) is 10.1. The number of nitriles is 1. The van der Waals surface area contributed by atoms with Crippen molar-refractivity contribution in [1.29, 1.82) is 5.26 Å². The van der Waals surface area contributed by atoms with Crippen LogP contribution in [0.1, 0.15) is 62.7 Å². The number of hydrogen-bond acceptors (Lipinski definition) is 7. The van der Waals surface area contributed by atoms with Crippen molar-refractivity contribution in [3.05, 3.63) is 64.9 Å². The fourth-order valence-electron chi connectivity index (χ4n) is 5.30. The van der Waals surface area contributed by atoms with Crippen molar-refractivity contribution < 1.29 is 23.8 Å². The predicted octanol–water partition coefficient (Wildman–Crippen LogP) is 6.34. The first-order chi connectivity index (χ1) is 20.7. The Labute approximate surface area is 259 Å². The minimum atomic E-state index is -0.934. The smallest absolute Gasteiger partial charge is 0.407 e. The van der Waals surface area contributed by atoms with Gasteiger partial charge in [-0.3, -0.25) is 9.48 Å². The highest BCUT2D eigenvalue weighted by atomic mass is 32.1. The summed E-state index contributed by atoms with van der Waals surface area (Å²) < 4.78 is 21.9. The van der Waals surface area contributed by atoms with Crippen molar-refractivity contribution in [1.82, 2.24) is 20.0 Å². The topological polar surface area (TPSA) is 120 Å². The number of carbonyl (C=O) groups excluding carboxylic acids is 2. The second-order valence-corrected chi connectivity index (χ2v) is 13.9. The molecule has 2 aromatic heterocycles. The van der Waals surface area contributed by atoms with E-state index in [0.717, 1.165) is 34.2 Å². The minimum absolute atomic E-state index is 0.0562. The average molecular weight is 618 g/mol. The van der Waals surface area contributed by atoms with E-state index in [9.17, 15) is 24.3 Å². The summed E-state index contributed by atoms with van der Waals surface area (Å²) in [5, 5.41) is 27.8. The fraction of sp³-hybridized carbons (Fsp3) is 0.394. The van der Waals surface area contributed by atoms with Crippen LogP contribution in [0.5, 0.6) is 0 Å². The summed E-state index contributed by atoms with van der Waals surface area (Å²) in [7, 11) is 0. The van der Waals surface area contributed by atoms with Crippen molar-refractivity contribution in [2.24, 2.45) is 0 Å². The van der Waals surface area contributed by atoms with Gasteiger partial charge in [0.1, 0.15) is 17.5 Å². The average Bonchev–Trinajstić information content (AvgIpc) is 3.54. The molecular weight excluding hydrogens is 581 g/mol. The Balaban J connectivity index is 1.48. The van der Waals surface area contributed by atoms with Gasteiger partial charge in [-0.1, -0.05) is 12.1 Å². The highest BCUT2D eigenvalue weighted by molar-refractivity contribution is 7.18. The largest absolute Gasteiger partial charge is 0.444 e. The molecule has 1 aliphatic rings. The van der Waals surface area contributed by atoms with Gasteiger partial charge in [0.05, 0.1) is 28.1 Å². The molecule has 44 heavy (non-hydrogen) atoms. The zero-order valence-corrected chi connectivity index (χ0v) is 26.3. The van der Waals surface area contributed by atoms with Crippen molar-refractivity contribution in [2.45, 2.75) is 71.2 Å². The summed E-state index contributed by atoms with van der Waals surface area (Å²) in [6, 6.07) is 13.6. The summed E-state index contributed by atoms with van der Waals surface area (Å²) in [5.41, 5.74) is 1.19. The highest BCUT2D eigenvalue weighted by Crippen LogP contribution is 2.41. The fourth-order valence-corrected chi connectivity index (χ4v) is 6.45. The maximum Gasteiger partial charge on any atom is 0.407 e. The SMILES string of the molecule is CC(C)(O)Cn1cc2cc(-c3sc(C(=O)N4CCC[C@@H](NC(=O)OC(C)(C)C)C4)cc3-c3ccc(C#N)c(F)c3)ccc2n1. The number of nitrogens with zero attached hydrogens (tertiary/aromatic N) is 4. The molecule has 0 radical (unpaired) electrons. The molecule has 2 amide bonds. The Hall–Kier alpha value is -4.27. The highest BCUT2D eigenvalue weighted by Gasteiger charge is 2.29. The first kappa shape index (κ1) is 31.2. The van der Waals surface area contributed by atoms with Crippen molar-refractivity contribution >= 4 is 34.2 Å². The number of fused-ring (bicyclic) bond motifs is 1. The third kappa shape index (κ3) is 7.26. The molecule has 2 aromatic carbocycles. The van der Waals surface area contributed by atoms with Crippen molar-refractivity contribution in [3.8, 4) is 27.6 Å². The van der Waals surface area contributed by atoms with E-state index in [1.54, 1.807) is 56.3 Å². The standard InChI is InChI=1S/C33H36FN5O4S/c1-32(2,3)43-31(41)36-24-7-6-12-38(18-24)30(40)28-15-25(20-8-9-22(16-35)26(34)14-20)29(44-28)21-10-11-27-23(13-21)17-39(37-27)19-33(4,5)42/h8-11,13-15,17,24,42H,6-7,12,18-19H2,1-5H3,(H,36,41)/t24-/m1/s1. The van der Waals surface area contributed by atoms with Crippen LogP contribution >= 0.6 is 11.3 Å². The molecule has 0 aliphatic carbocycles. The van der Waals surface area contributed by atoms with Gasteiger partial charge in [0.2, 0.25) is 0 Å². The predicted molar refractivity (Wildman–Crippen MR) is 168 cm³/mol. The van der Waals surface area contributed by atoms with Crippen LogP contribution in [0.4, 0.5) is 9.18 Å². The molecule has 1 fully saturated rings. The number of aliphatic hydroxyl groups is 1. The lowest BCUT2D eigenvalue weighted by atomic mass is 10.00. The molecule has 0 unspecified atom stereocenters. The van der Waals surface area contributed by atoms with E-state index < -0.39 is 23.1 Å². The number of ether oxygens (including phenoxy) is 1.